The summed E-state index contributed by atoms with van der Waals surface area (Å²) in [7, 11) is 0. The van der Waals surface area contributed by atoms with Crippen LogP contribution in [-0.4, -0.2) is 11.7 Å². The van der Waals surface area contributed by atoms with Crippen LogP contribution in [0.3, 0.4) is 0 Å². The summed E-state index contributed by atoms with van der Waals surface area (Å²) in [6.07, 6.45) is 0. The summed E-state index contributed by atoms with van der Waals surface area (Å²) in [4.78, 5) is 12.9. The summed E-state index contributed by atoms with van der Waals surface area (Å²) in [5.74, 6) is 0.286. The van der Waals surface area contributed by atoms with Crippen molar-refractivity contribution < 1.29 is 4.79 Å². The molecule has 0 fully saturated rings. The standard InChI is InChI=1S/C15H15ClN2OS/c1-10-7-11(16)5-6-14(10)18-15(19)9-20-13-4-2-3-12(17)8-13/h2-8H,9,17H2,1H3,(H,18,19). The lowest BCUT2D eigenvalue weighted by molar-refractivity contribution is -0.113. The van der Waals surface area contributed by atoms with Crippen LogP contribution < -0.4 is 11.1 Å². The molecule has 0 aliphatic carbocycles. The molecule has 2 aromatic carbocycles. The van der Waals surface area contributed by atoms with Crippen molar-refractivity contribution in [3.05, 3.63) is 53.1 Å². The summed E-state index contributed by atoms with van der Waals surface area (Å²) in [6.45, 7) is 1.91. The molecule has 3 nitrogen and oxygen atoms in total. The number of amides is 1. The summed E-state index contributed by atoms with van der Waals surface area (Å²) in [5.41, 5.74) is 8.12. The van der Waals surface area contributed by atoms with Gasteiger partial charge in [-0.3, -0.25) is 4.79 Å². The number of rotatable bonds is 4. The van der Waals surface area contributed by atoms with E-state index in [0.717, 1.165) is 16.1 Å². The van der Waals surface area contributed by atoms with Gasteiger partial charge in [0.2, 0.25) is 5.91 Å². The molecule has 104 valence electrons. The third-order valence-electron chi connectivity index (χ3n) is 2.69. The van der Waals surface area contributed by atoms with E-state index in [-0.39, 0.29) is 5.91 Å². The van der Waals surface area contributed by atoms with Crippen molar-refractivity contribution in [2.45, 2.75) is 11.8 Å². The number of halogens is 1. The molecule has 0 unspecified atom stereocenters. The number of nitrogens with one attached hydrogen (secondary N) is 1. The highest BCUT2D eigenvalue weighted by molar-refractivity contribution is 8.00. The van der Waals surface area contributed by atoms with Crippen molar-refractivity contribution in [2.24, 2.45) is 0 Å². The molecular formula is C15H15ClN2OS. The van der Waals surface area contributed by atoms with Crippen LogP contribution in [0, 0.1) is 6.92 Å². The zero-order valence-electron chi connectivity index (χ0n) is 11.0. The number of thioether (sulfide) groups is 1. The number of aryl methyl sites for hydroxylation is 1. The SMILES string of the molecule is Cc1cc(Cl)ccc1NC(=O)CSc1cccc(N)c1. The largest absolute Gasteiger partial charge is 0.399 e. The van der Waals surface area contributed by atoms with Crippen LogP contribution in [0.15, 0.2) is 47.4 Å². The fourth-order valence-electron chi connectivity index (χ4n) is 1.71. The maximum atomic E-state index is 11.9. The molecule has 0 heterocycles. The highest BCUT2D eigenvalue weighted by Gasteiger charge is 2.06. The number of nitrogens with two attached hydrogens (primary N) is 1. The van der Waals surface area contributed by atoms with Crippen LogP contribution in [0.2, 0.25) is 5.02 Å². The van der Waals surface area contributed by atoms with Crippen LogP contribution >= 0.6 is 23.4 Å². The van der Waals surface area contributed by atoms with Gasteiger partial charge in [-0.2, -0.15) is 0 Å². The molecule has 1 amide bonds. The molecule has 0 saturated carbocycles. The van der Waals surface area contributed by atoms with Crippen LogP contribution in [0.5, 0.6) is 0 Å². The van der Waals surface area contributed by atoms with Gasteiger partial charge in [-0.15, -0.1) is 11.8 Å². The molecular weight excluding hydrogens is 292 g/mol. The maximum Gasteiger partial charge on any atom is 0.234 e. The minimum Gasteiger partial charge on any atom is -0.399 e. The van der Waals surface area contributed by atoms with E-state index in [2.05, 4.69) is 5.32 Å². The van der Waals surface area contributed by atoms with E-state index in [0.29, 0.717) is 16.5 Å². The summed E-state index contributed by atoms with van der Waals surface area (Å²) >= 11 is 7.33. The van der Waals surface area contributed by atoms with Gasteiger partial charge in [-0.05, 0) is 48.9 Å². The Balaban J connectivity index is 1.92. The predicted molar refractivity (Wildman–Crippen MR) is 86.4 cm³/mol. The molecule has 0 saturated heterocycles. The van der Waals surface area contributed by atoms with E-state index >= 15 is 0 Å². The fraction of sp³-hybridized carbons (Fsp3) is 0.133. The van der Waals surface area contributed by atoms with Gasteiger partial charge in [0.1, 0.15) is 0 Å². The van der Waals surface area contributed by atoms with Gasteiger partial charge in [0.15, 0.2) is 0 Å². The summed E-state index contributed by atoms with van der Waals surface area (Å²) in [5, 5.41) is 3.53. The number of benzene rings is 2. The van der Waals surface area contributed by atoms with Crippen LogP contribution in [-0.2, 0) is 4.79 Å². The predicted octanol–water partition coefficient (Wildman–Crippen LogP) is 3.96. The molecule has 2 aromatic rings. The Bertz CT molecular complexity index is 631. The van der Waals surface area contributed by atoms with Gasteiger partial charge in [0.25, 0.3) is 0 Å². The smallest absolute Gasteiger partial charge is 0.234 e. The average Bonchev–Trinajstić information content (AvgIpc) is 2.40. The molecule has 0 atom stereocenters. The zero-order chi connectivity index (χ0) is 14.5. The van der Waals surface area contributed by atoms with E-state index in [1.54, 1.807) is 12.1 Å². The van der Waals surface area contributed by atoms with Crippen molar-refractivity contribution in [1.82, 2.24) is 0 Å². The maximum absolute atomic E-state index is 11.9. The highest BCUT2D eigenvalue weighted by atomic mass is 35.5. The van der Waals surface area contributed by atoms with E-state index in [4.69, 9.17) is 17.3 Å². The van der Waals surface area contributed by atoms with Gasteiger partial charge >= 0.3 is 0 Å². The van der Waals surface area contributed by atoms with Gasteiger partial charge in [-0.25, -0.2) is 0 Å². The van der Waals surface area contributed by atoms with Crippen LogP contribution in [0.25, 0.3) is 0 Å². The third kappa shape index (κ3) is 4.18. The topological polar surface area (TPSA) is 55.1 Å². The number of hydrogen-bond acceptors (Lipinski definition) is 3. The van der Waals surface area contributed by atoms with Crippen molar-refractivity contribution in [3.63, 3.8) is 0 Å². The Hall–Kier alpha value is -1.65. The van der Waals surface area contributed by atoms with Gasteiger partial charge in [0, 0.05) is 21.3 Å². The van der Waals surface area contributed by atoms with Crippen molar-refractivity contribution in [1.29, 1.82) is 0 Å². The number of nitrogen functional groups attached to an aromatic ring is 1. The molecule has 0 spiro atoms. The van der Waals surface area contributed by atoms with Crippen LogP contribution in [0.1, 0.15) is 5.56 Å². The molecule has 0 aliphatic heterocycles. The first-order valence-electron chi connectivity index (χ1n) is 6.09. The Morgan fingerprint density at radius 3 is 2.80 bits per heavy atom. The second kappa shape index (κ2) is 6.68. The Labute approximate surface area is 127 Å². The molecule has 0 bridgehead atoms. The molecule has 0 aliphatic rings. The summed E-state index contributed by atoms with van der Waals surface area (Å²) in [6, 6.07) is 12.9. The first-order chi connectivity index (χ1) is 9.54. The first-order valence-corrected chi connectivity index (χ1v) is 7.45. The highest BCUT2D eigenvalue weighted by Crippen LogP contribution is 2.22. The van der Waals surface area contributed by atoms with E-state index < -0.39 is 0 Å². The summed E-state index contributed by atoms with van der Waals surface area (Å²) < 4.78 is 0. The Kier molecular flexibility index (Phi) is 4.93. The molecule has 0 radical (unpaired) electrons. The lowest BCUT2D eigenvalue weighted by atomic mass is 10.2. The van der Waals surface area contributed by atoms with Gasteiger partial charge in [0.05, 0.1) is 5.75 Å². The second-order valence-electron chi connectivity index (χ2n) is 4.37. The molecule has 3 N–H and O–H groups in total. The fourth-order valence-corrected chi connectivity index (χ4v) is 2.70. The number of carbonyl (C=O) groups is 1. The van der Waals surface area contributed by atoms with E-state index in [1.807, 2.05) is 37.3 Å². The molecule has 20 heavy (non-hydrogen) atoms. The van der Waals surface area contributed by atoms with E-state index in [1.165, 1.54) is 11.8 Å². The zero-order valence-corrected chi connectivity index (χ0v) is 12.6. The minimum atomic E-state index is -0.0529. The number of hydrogen-bond donors (Lipinski definition) is 2. The van der Waals surface area contributed by atoms with Crippen molar-refractivity contribution in [2.75, 3.05) is 16.8 Å². The lowest BCUT2D eigenvalue weighted by Crippen LogP contribution is -2.14. The van der Waals surface area contributed by atoms with Gasteiger partial charge < -0.3 is 11.1 Å². The Morgan fingerprint density at radius 1 is 1.30 bits per heavy atom. The average molecular weight is 307 g/mol. The van der Waals surface area contributed by atoms with Crippen molar-refractivity contribution in [3.8, 4) is 0 Å². The normalized spacial score (nSPS) is 10.3. The lowest BCUT2D eigenvalue weighted by Gasteiger charge is -2.08. The first kappa shape index (κ1) is 14.8. The molecule has 2 rings (SSSR count). The quantitative estimate of drug-likeness (QED) is 0.664. The number of carbonyl (C=O) groups excluding carboxylic acids is 1. The monoisotopic (exact) mass is 306 g/mol. The number of anilines is 2. The van der Waals surface area contributed by atoms with E-state index in [9.17, 15) is 4.79 Å². The van der Waals surface area contributed by atoms with Crippen molar-refractivity contribution >= 4 is 40.6 Å². The minimum absolute atomic E-state index is 0.0529. The Morgan fingerprint density at radius 2 is 2.10 bits per heavy atom. The second-order valence-corrected chi connectivity index (χ2v) is 5.85. The molecule has 0 aromatic heterocycles. The third-order valence-corrected chi connectivity index (χ3v) is 3.92. The van der Waals surface area contributed by atoms with Gasteiger partial charge in [-0.1, -0.05) is 17.7 Å². The molecule has 5 heteroatoms. The van der Waals surface area contributed by atoms with Crippen LogP contribution in [0.4, 0.5) is 11.4 Å².